The van der Waals surface area contributed by atoms with E-state index in [0.29, 0.717) is 5.91 Å². The van der Waals surface area contributed by atoms with Gasteiger partial charge in [-0.3, -0.25) is 4.79 Å². The first-order valence-electron chi connectivity index (χ1n) is 6.56. The van der Waals surface area contributed by atoms with Crippen molar-refractivity contribution in [1.82, 2.24) is 4.90 Å². The van der Waals surface area contributed by atoms with Crippen LogP contribution in [0, 0.1) is 11.8 Å². The lowest BCUT2D eigenvalue weighted by Gasteiger charge is -2.34. The number of likely N-dealkylation sites (tertiary alicyclic amines) is 1. The summed E-state index contributed by atoms with van der Waals surface area (Å²) in [5.74, 6) is 0.413. The van der Waals surface area contributed by atoms with E-state index in [-0.39, 0.29) is 17.8 Å². The number of methoxy groups -OCH3 is 2. The zero-order valence-corrected chi connectivity index (χ0v) is 11.1. The van der Waals surface area contributed by atoms with Gasteiger partial charge in [-0.15, -0.1) is 0 Å². The van der Waals surface area contributed by atoms with Crippen molar-refractivity contribution in [3.05, 3.63) is 0 Å². The van der Waals surface area contributed by atoms with Gasteiger partial charge in [-0.1, -0.05) is 0 Å². The van der Waals surface area contributed by atoms with Crippen LogP contribution in [-0.4, -0.2) is 50.2 Å². The van der Waals surface area contributed by atoms with Crippen LogP contribution in [0.25, 0.3) is 0 Å². The molecule has 2 fully saturated rings. The molecule has 0 aromatic heterocycles. The molecular formula is C13H21NO4. The van der Waals surface area contributed by atoms with Crippen LogP contribution in [0.1, 0.15) is 25.7 Å². The molecule has 0 spiro atoms. The van der Waals surface area contributed by atoms with Gasteiger partial charge in [0, 0.05) is 26.1 Å². The first-order chi connectivity index (χ1) is 8.67. The van der Waals surface area contributed by atoms with Crippen LogP contribution in [0.2, 0.25) is 0 Å². The van der Waals surface area contributed by atoms with Gasteiger partial charge in [0.25, 0.3) is 0 Å². The molecule has 0 radical (unpaired) electrons. The van der Waals surface area contributed by atoms with Gasteiger partial charge in [0.15, 0.2) is 6.10 Å². The van der Waals surface area contributed by atoms with E-state index in [1.165, 1.54) is 14.2 Å². The molecule has 0 bridgehead atoms. The predicted octanol–water partition coefficient (Wildman–Crippen LogP) is 0.823. The van der Waals surface area contributed by atoms with Crippen LogP contribution in [0.5, 0.6) is 0 Å². The second-order valence-electron chi connectivity index (χ2n) is 5.12. The molecule has 2 aliphatic rings. The molecule has 1 aliphatic carbocycles. The van der Waals surface area contributed by atoms with E-state index in [0.717, 1.165) is 38.8 Å². The fourth-order valence-electron chi connectivity index (χ4n) is 2.61. The topological polar surface area (TPSA) is 55.8 Å². The number of carbonyl (C=O) groups is 2. The molecule has 1 amide bonds. The number of amides is 1. The molecule has 0 N–H and O–H groups in total. The highest BCUT2D eigenvalue weighted by atomic mass is 16.6. The number of carbonyl (C=O) groups excluding carboxylic acids is 2. The molecule has 1 heterocycles. The molecule has 1 atom stereocenters. The predicted molar refractivity (Wildman–Crippen MR) is 64.8 cm³/mol. The maximum absolute atomic E-state index is 11.9. The lowest BCUT2D eigenvalue weighted by Crippen LogP contribution is -2.44. The molecule has 102 valence electrons. The Labute approximate surface area is 107 Å². The van der Waals surface area contributed by atoms with Gasteiger partial charge < -0.3 is 14.4 Å². The molecule has 1 unspecified atom stereocenters. The number of nitrogens with zero attached hydrogens (tertiary/aromatic N) is 1. The fourth-order valence-corrected chi connectivity index (χ4v) is 2.61. The minimum Gasteiger partial charge on any atom is -0.467 e. The summed E-state index contributed by atoms with van der Waals surface area (Å²) in [4.78, 5) is 25.4. The summed E-state index contributed by atoms with van der Waals surface area (Å²) in [6.07, 6.45) is 3.22. The SMILES string of the molecule is COC(=O)C(OC)C1CCN(C(=O)C2CC2)CC1. The number of esters is 1. The van der Waals surface area contributed by atoms with E-state index in [9.17, 15) is 9.59 Å². The molecule has 2 rings (SSSR count). The molecule has 18 heavy (non-hydrogen) atoms. The number of piperidine rings is 1. The Hall–Kier alpha value is -1.10. The second-order valence-corrected chi connectivity index (χ2v) is 5.12. The maximum atomic E-state index is 11.9. The van der Waals surface area contributed by atoms with E-state index >= 15 is 0 Å². The van der Waals surface area contributed by atoms with Crippen LogP contribution >= 0.6 is 0 Å². The minimum atomic E-state index is -0.492. The highest BCUT2D eigenvalue weighted by Gasteiger charge is 2.37. The van der Waals surface area contributed by atoms with Gasteiger partial charge in [0.1, 0.15) is 0 Å². The van der Waals surface area contributed by atoms with Crippen LogP contribution in [0.3, 0.4) is 0 Å². The third-order valence-corrected chi connectivity index (χ3v) is 3.89. The van der Waals surface area contributed by atoms with E-state index in [1.807, 2.05) is 4.90 Å². The fraction of sp³-hybridized carbons (Fsp3) is 0.846. The number of rotatable bonds is 4. The molecule has 5 nitrogen and oxygen atoms in total. The van der Waals surface area contributed by atoms with Gasteiger partial charge in [0.2, 0.25) is 5.91 Å². The summed E-state index contributed by atoms with van der Waals surface area (Å²) in [5.41, 5.74) is 0. The Balaban J connectivity index is 1.84. The van der Waals surface area contributed by atoms with Crippen molar-refractivity contribution >= 4 is 11.9 Å². The lowest BCUT2D eigenvalue weighted by molar-refractivity contribution is -0.157. The standard InChI is InChI=1S/C13H21NO4/c1-17-11(13(16)18-2)9-5-7-14(8-6-9)12(15)10-3-4-10/h9-11H,3-8H2,1-2H3. The largest absolute Gasteiger partial charge is 0.467 e. The summed E-state index contributed by atoms with van der Waals surface area (Å²) in [5, 5.41) is 0. The summed E-state index contributed by atoms with van der Waals surface area (Å²) in [7, 11) is 2.91. The van der Waals surface area contributed by atoms with Crippen LogP contribution in [-0.2, 0) is 19.1 Å². The summed E-state index contributed by atoms with van der Waals surface area (Å²) < 4.78 is 9.95. The maximum Gasteiger partial charge on any atom is 0.335 e. The Bertz CT molecular complexity index is 319. The normalized spacial score (nSPS) is 22.7. The third kappa shape index (κ3) is 2.83. The summed E-state index contributed by atoms with van der Waals surface area (Å²) in [6, 6.07) is 0. The Kier molecular flexibility index (Phi) is 4.22. The van der Waals surface area contributed by atoms with E-state index in [2.05, 4.69) is 0 Å². The van der Waals surface area contributed by atoms with Crippen molar-refractivity contribution in [3.8, 4) is 0 Å². The van der Waals surface area contributed by atoms with Crippen molar-refractivity contribution in [1.29, 1.82) is 0 Å². The Morgan fingerprint density at radius 1 is 1.11 bits per heavy atom. The number of hydrogen-bond donors (Lipinski definition) is 0. The Morgan fingerprint density at radius 2 is 1.72 bits per heavy atom. The van der Waals surface area contributed by atoms with Crippen LogP contribution in [0.15, 0.2) is 0 Å². The molecule has 0 aromatic carbocycles. The monoisotopic (exact) mass is 255 g/mol. The second kappa shape index (κ2) is 5.69. The number of hydrogen-bond acceptors (Lipinski definition) is 4. The highest BCUT2D eigenvalue weighted by Crippen LogP contribution is 2.33. The third-order valence-electron chi connectivity index (χ3n) is 3.89. The van der Waals surface area contributed by atoms with Crippen LogP contribution in [0.4, 0.5) is 0 Å². The number of ether oxygens (including phenoxy) is 2. The molecular weight excluding hydrogens is 234 g/mol. The molecule has 0 aromatic rings. The van der Waals surface area contributed by atoms with Crippen molar-refractivity contribution in [2.75, 3.05) is 27.3 Å². The average molecular weight is 255 g/mol. The van der Waals surface area contributed by atoms with Gasteiger partial charge in [-0.25, -0.2) is 4.79 Å². The van der Waals surface area contributed by atoms with E-state index in [1.54, 1.807) is 0 Å². The van der Waals surface area contributed by atoms with Crippen molar-refractivity contribution in [2.45, 2.75) is 31.8 Å². The van der Waals surface area contributed by atoms with Crippen molar-refractivity contribution in [3.63, 3.8) is 0 Å². The van der Waals surface area contributed by atoms with Gasteiger partial charge in [0.05, 0.1) is 7.11 Å². The molecule has 1 aliphatic heterocycles. The molecule has 5 heteroatoms. The summed E-state index contributed by atoms with van der Waals surface area (Å²) >= 11 is 0. The van der Waals surface area contributed by atoms with Gasteiger partial charge >= 0.3 is 5.97 Å². The quantitative estimate of drug-likeness (QED) is 0.698. The molecule has 1 saturated heterocycles. The minimum absolute atomic E-state index is 0.158. The average Bonchev–Trinajstić information content (AvgIpc) is 3.23. The van der Waals surface area contributed by atoms with Gasteiger partial charge in [-0.05, 0) is 31.6 Å². The van der Waals surface area contributed by atoms with Gasteiger partial charge in [-0.2, -0.15) is 0 Å². The zero-order valence-electron chi connectivity index (χ0n) is 11.1. The molecule has 1 saturated carbocycles. The lowest BCUT2D eigenvalue weighted by atomic mass is 9.91. The Morgan fingerprint density at radius 3 is 2.17 bits per heavy atom. The smallest absolute Gasteiger partial charge is 0.335 e. The zero-order chi connectivity index (χ0) is 13.1. The van der Waals surface area contributed by atoms with Crippen LogP contribution < -0.4 is 0 Å². The van der Waals surface area contributed by atoms with Crippen molar-refractivity contribution in [2.24, 2.45) is 11.8 Å². The van der Waals surface area contributed by atoms with E-state index < -0.39 is 6.10 Å². The van der Waals surface area contributed by atoms with E-state index in [4.69, 9.17) is 9.47 Å². The van der Waals surface area contributed by atoms with Crippen molar-refractivity contribution < 1.29 is 19.1 Å². The first kappa shape index (κ1) is 13.3. The summed E-state index contributed by atoms with van der Waals surface area (Å²) in [6.45, 7) is 1.47. The highest BCUT2D eigenvalue weighted by molar-refractivity contribution is 5.81. The first-order valence-corrected chi connectivity index (χ1v) is 6.56.